The van der Waals surface area contributed by atoms with E-state index in [0.29, 0.717) is 6.61 Å². The Balaban J connectivity index is 2.63. The fourth-order valence-corrected chi connectivity index (χ4v) is 1.59. The van der Waals surface area contributed by atoms with Crippen molar-refractivity contribution in [3.63, 3.8) is 0 Å². The van der Waals surface area contributed by atoms with E-state index in [9.17, 15) is 0 Å². The average Bonchev–Trinajstić information content (AvgIpc) is 2.23. The molecule has 0 N–H and O–H groups in total. The molecule has 0 aliphatic heterocycles. The first-order chi connectivity index (χ1) is 6.83. The van der Waals surface area contributed by atoms with Gasteiger partial charge in [-0.2, -0.15) is 0 Å². The summed E-state index contributed by atoms with van der Waals surface area (Å²) in [5.74, 6) is 0.952. The fraction of sp³-hybridized carbons (Fsp3) is 0.250. The third kappa shape index (κ3) is 1.43. The van der Waals surface area contributed by atoms with E-state index in [1.54, 1.807) is 0 Å². The summed E-state index contributed by atoms with van der Waals surface area (Å²) in [5.41, 5.74) is 2.19. The van der Waals surface area contributed by atoms with Crippen molar-refractivity contribution in [2.24, 2.45) is 0 Å². The highest BCUT2D eigenvalue weighted by molar-refractivity contribution is 5.84. The first-order valence-corrected chi connectivity index (χ1v) is 4.80. The maximum absolute atomic E-state index is 5.52. The van der Waals surface area contributed by atoms with Gasteiger partial charge in [-0.1, -0.05) is 6.07 Å². The number of aryl methyl sites for hydroxylation is 1. The molecule has 0 fully saturated rings. The summed E-state index contributed by atoms with van der Waals surface area (Å²) in [5, 5.41) is 1.17. The van der Waals surface area contributed by atoms with Crippen LogP contribution in [-0.2, 0) is 0 Å². The van der Waals surface area contributed by atoms with Gasteiger partial charge in [-0.25, -0.2) is 0 Å². The van der Waals surface area contributed by atoms with E-state index >= 15 is 0 Å². The molecule has 2 aromatic rings. The molecular weight excluding hydrogens is 174 g/mol. The fourth-order valence-electron chi connectivity index (χ4n) is 1.59. The van der Waals surface area contributed by atoms with Crippen LogP contribution in [0.5, 0.6) is 5.75 Å². The second kappa shape index (κ2) is 3.66. The number of hydrogen-bond acceptors (Lipinski definition) is 2. The molecule has 1 heterocycles. The number of pyridine rings is 1. The van der Waals surface area contributed by atoms with Gasteiger partial charge in [0, 0.05) is 17.1 Å². The molecule has 72 valence electrons. The Hall–Kier alpha value is -1.57. The van der Waals surface area contributed by atoms with Gasteiger partial charge in [-0.05, 0) is 32.0 Å². The molecule has 0 saturated carbocycles. The Morgan fingerprint density at radius 2 is 2.14 bits per heavy atom. The van der Waals surface area contributed by atoms with E-state index in [2.05, 4.69) is 18.0 Å². The second-order valence-electron chi connectivity index (χ2n) is 3.19. The minimum Gasteiger partial charge on any atom is -0.494 e. The summed E-state index contributed by atoms with van der Waals surface area (Å²) in [7, 11) is 0. The topological polar surface area (TPSA) is 22.1 Å². The maximum atomic E-state index is 5.52. The lowest BCUT2D eigenvalue weighted by Gasteiger charge is -2.08. The van der Waals surface area contributed by atoms with Crippen molar-refractivity contribution in [2.75, 3.05) is 6.61 Å². The van der Waals surface area contributed by atoms with Gasteiger partial charge in [-0.15, -0.1) is 0 Å². The van der Waals surface area contributed by atoms with Crippen LogP contribution < -0.4 is 4.74 Å². The lowest BCUT2D eigenvalue weighted by atomic mass is 10.1. The van der Waals surface area contributed by atoms with Gasteiger partial charge < -0.3 is 4.74 Å². The van der Waals surface area contributed by atoms with Crippen LogP contribution in [0, 0.1) is 6.92 Å². The van der Waals surface area contributed by atoms with Crippen LogP contribution in [0.4, 0.5) is 0 Å². The van der Waals surface area contributed by atoms with E-state index in [1.165, 1.54) is 5.39 Å². The number of benzene rings is 1. The van der Waals surface area contributed by atoms with Gasteiger partial charge in [0.15, 0.2) is 0 Å². The number of aromatic nitrogens is 1. The van der Waals surface area contributed by atoms with Crippen LogP contribution in [0.25, 0.3) is 10.9 Å². The summed E-state index contributed by atoms with van der Waals surface area (Å²) in [6.45, 7) is 4.76. The zero-order valence-electron chi connectivity index (χ0n) is 8.45. The molecule has 2 heteroatoms. The molecule has 14 heavy (non-hydrogen) atoms. The molecule has 1 aromatic carbocycles. The summed E-state index contributed by atoms with van der Waals surface area (Å²) in [4.78, 5) is 4.29. The SMILES string of the molecule is CCOc1ccc2ncccc2c1C. The third-order valence-electron chi connectivity index (χ3n) is 2.30. The zero-order chi connectivity index (χ0) is 9.97. The summed E-state index contributed by atoms with van der Waals surface area (Å²) < 4.78 is 5.52. The maximum Gasteiger partial charge on any atom is 0.122 e. The highest BCUT2D eigenvalue weighted by Gasteiger charge is 2.03. The van der Waals surface area contributed by atoms with Crippen molar-refractivity contribution in [3.8, 4) is 5.75 Å². The lowest BCUT2D eigenvalue weighted by molar-refractivity contribution is 0.338. The van der Waals surface area contributed by atoms with E-state index < -0.39 is 0 Å². The predicted molar refractivity (Wildman–Crippen MR) is 57.6 cm³/mol. The van der Waals surface area contributed by atoms with Crippen LogP contribution in [-0.4, -0.2) is 11.6 Å². The van der Waals surface area contributed by atoms with Crippen molar-refractivity contribution in [1.82, 2.24) is 4.98 Å². The summed E-state index contributed by atoms with van der Waals surface area (Å²) >= 11 is 0. The van der Waals surface area contributed by atoms with Gasteiger partial charge in [0.2, 0.25) is 0 Å². The van der Waals surface area contributed by atoms with Crippen molar-refractivity contribution in [3.05, 3.63) is 36.0 Å². The van der Waals surface area contributed by atoms with Crippen LogP contribution >= 0.6 is 0 Å². The molecule has 2 rings (SSSR count). The van der Waals surface area contributed by atoms with Crippen LogP contribution in [0.2, 0.25) is 0 Å². The third-order valence-corrected chi connectivity index (χ3v) is 2.30. The Morgan fingerprint density at radius 1 is 1.29 bits per heavy atom. The minimum atomic E-state index is 0.701. The van der Waals surface area contributed by atoms with Gasteiger partial charge in [0.25, 0.3) is 0 Å². The standard InChI is InChI=1S/C12H13NO/c1-3-14-12-7-6-11-10(9(12)2)5-4-8-13-11/h4-8H,3H2,1-2H3. The average molecular weight is 187 g/mol. The quantitative estimate of drug-likeness (QED) is 0.721. The highest BCUT2D eigenvalue weighted by Crippen LogP contribution is 2.25. The highest BCUT2D eigenvalue weighted by atomic mass is 16.5. The van der Waals surface area contributed by atoms with E-state index in [4.69, 9.17) is 4.74 Å². The normalized spacial score (nSPS) is 10.4. The van der Waals surface area contributed by atoms with E-state index in [1.807, 2.05) is 31.3 Å². The Labute approximate surface area is 83.5 Å². The van der Waals surface area contributed by atoms with Gasteiger partial charge in [-0.3, -0.25) is 4.98 Å². The molecule has 0 saturated heterocycles. The van der Waals surface area contributed by atoms with Crippen LogP contribution in [0.3, 0.4) is 0 Å². The minimum absolute atomic E-state index is 0.701. The number of hydrogen-bond donors (Lipinski definition) is 0. The molecule has 0 aliphatic carbocycles. The Bertz CT molecular complexity index is 451. The molecule has 0 bridgehead atoms. The predicted octanol–water partition coefficient (Wildman–Crippen LogP) is 2.94. The second-order valence-corrected chi connectivity index (χ2v) is 3.19. The molecule has 0 radical (unpaired) electrons. The molecule has 0 spiro atoms. The first kappa shape index (κ1) is 9.00. The zero-order valence-corrected chi connectivity index (χ0v) is 8.45. The number of fused-ring (bicyclic) bond motifs is 1. The molecule has 2 nitrogen and oxygen atoms in total. The molecule has 1 aromatic heterocycles. The van der Waals surface area contributed by atoms with Crippen molar-refractivity contribution in [2.45, 2.75) is 13.8 Å². The number of rotatable bonds is 2. The monoisotopic (exact) mass is 187 g/mol. The smallest absolute Gasteiger partial charge is 0.122 e. The van der Waals surface area contributed by atoms with Crippen molar-refractivity contribution >= 4 is 10.9 Å². The van der Waals surface area contributed by atoms with Crippen LogP contribution in [0.15, 0.2) is 30.5 Å². The van der Waals surface area contributed by atoms with E-state index in [-0.39, 0.29) is 0 Å². The van der Waals surface area contributed by atoms with E-state index in [0.717, 1.165) is 16.8 Å². The lowest BCUT2D eigenvalue weighted by Crippen LogP contribution is -1.94. The molecular formula is C12H13NO. The summed E-state index contributed by atoms with van der Waals surface area (Å²) in [6, 6.07) is 7.99. The molecule has 0 atom stereocenters. The van der Waals surface area contributed by atoms with Crippen LogP contribution in [0.1, 0.15) is 12.5 Å². The number of nitrogens with zero attached hydrogens (tertiary/aromatic N) is 1. The van der Waals surface area contributed by atoms with Gasteiger partial charge >= 0.3 is 0 Å². The molecule has 0 unspecified atom stereocenters. The number of ether oxygens (including phenoxy) is 1. The van der Waals surface area contributed by atoms with Gasteiger partial charge in [0.05, 0.1) is 12.1 Å². The Morgan fingerprint density at radius 3 is 2.93 bits per heavy atom. The Kier molecular flexibility index (Phi) is 2.35. The van der Waals surface area contributed by atoms with Crippen molar-refractivity contribution in [1.29, 1.82) is 0 Å². The largest absolute Gasteiger partial charge is 0.494 e. The van der Waals surface area contributed by atoms with Crippen molar-refractivity contribution < 1.29 is 4.74 Å². The first-order valence-electron chi connectivity index (χ1n) is 4.80. The van der Waals surface area contributed by atoms with Gasteiger partial charge in [0.1, 0.15) is 5.75 Å². The molecule has 0 aliphatic rings. The summed E-state index contributed by atoms with van der Waals surface area (Å²) in [6.07, 6.45) is 1.81. The molecule has 0 amide bonds.